The van der Waals surface area contributed by atoms with Crippen LogP contribution < -0.4 is 0 Å². The van der Waals surface area contributed by atoms with Crippen LogP contribution in [0.1, 0.15) is 25.8 Å². The van der Waals surface area contributed by atoms with Crippen LogP contribution >= 0.6 is 23.2 Å². The van der Waals surface area contributed by atoms with E-state index in [0.29, 0.717) is 19.6 Å². The zero-order chi connectivity index (χ0) is 15.6. The molecule has 0 saturated carbocycles. The fraction of sp³-hybridized carbons (Fsp3) is 0.571. The van der Waals surface area contributed by atoms with Gasteiger partial charge < -0.3 is 4.74 Å². The Hall–Kier alpha value is -0.330. The SMILES string of the molecule is CCC1COC(C)CN1S(=O)(=O)c1cc(CCl)ccc1Cl. The summed E-state index contributed by atoms with van der Waals surface area (Å²) in [7, 11) is -3.66. The maximum atomic E-state index is 12.9. The van der Waals surface area contributed by atoms with E-state index in [9.17, 15) is 8.42 Å². The molecule has 0 aliphatic carbocycles. The van der Waals surface area contributed by atoms with Crippen molar-refractivity contribution >= 4 is 33.2 Å². The molecule has 0 radical (unpaired) electrons. The van der Waals surface area contributed by atoms with Gasteiger partial charge in [0.05, 0.1) is 17.7 Å². The summed E-state index contributed by atoms with van der Waals surface area (Å²) in [5.41, 5.74) is 0.731. The Bertz CT molecular complexity index is 606. The summed E-state index contributed by atoms with van der Waals surface area (Å²) in [5.74, 6) is 0.246. The van der Waals surface area contributed by atoms with Gasteiger partial charge in [-0.25, -0.2) is 8.42 Å². The average Bonchev–Trinajstić information content (AvgIpc) is 2.47. The second-order valence-electron chi connectivity index (χ2n) is 5.18. The molecule has 1 fully saturated rings. The summed E-state index contributed by atoms with van der Waals surface area (Å²) in [6, 6.07) is 4.70. The lowest BCUT2D eigenvalue weighted by atomic mass is 10.2. The van der Waals surface area contributed by atoms with Gasteiger partial charge in [-0.15, -0.1) is 11.6 Å². The van der Waals surface area contributed by atoms with Crippen molar-refractivity contribution in [2.75, 3.05) is 13.2 Å². The molecule has 2 atom stereocenters. The predicted molar refractivity (Wildman–Crippen MR) is 84.4 cm³/mol. The molecule has 4 nitrogen and oxygen atoms in total. The van der Waals surface area contributed by atoms with E-state index in [1.807, 2.05) is 13.8 Å². The average molecular weight is 352 g/mol. The zero-order valence-electron chi connectivity index (χ0n) is 12.1. The van der Waals surface area contributed by atoms with Crippen LogP contribution in [0.15, 0.2) is 23.1 Å². The molecular weight excluding hydrogens is 333 g/mol. The minimum Gasteiger partial charge on any atom is -0.375 e. The van der Waals surface area contributed by atoms with Gasteiger partial charge in [-0.1, -0.05) is 24.6 Å². The van der Waals surface area contributed by atoms with E-state index in [1.165, 1.54) is 4.31 Å². The first kappa shape index (κ1) is 17.0. The van der Waals surface area contributed by atoms with Crippen LogP contribution in [0.3, 0.4) is 0 Å². The molecule has 2 rings (SSSR count). The summed E-state index contributed by atoms with van der Waals surface area (Å²) in [5, 5.41) is 0.220. The highest BCUT2D eigenvalue weighted by molar-refractivity contribution is 7.89. The van der Waals surface area contributed by atoms with Gasteiger partial charge in [0, 0.05) is 18.5 Å². The summed E-state index contributed by atoms with van der Waals surface area (Å²) in [6.45, 7) is 4.56. The van der Waals surface area contributed by atoms with Gasteiger partial charge in [-0.05, 0) is 31.0 Å². The van der Waals surface area contributed by atoms with Crippen LogP contribution in [0.4, 0.5) is 0 Å². The first-order valence-electron chi connectivity index (χ1n) is 6.88. The van der Waals surface area contributed by atoms with E-state index in [-0.39, 0.29) is 27.9 Å². The molecule has 1 aliphatic rings. The van der Waals surface area contributed by atoms with Crippen LogP contribution in [0.25, 0.3) is 0 Å². The topological polar surface area (TPSA) is 46.6 Å². The van der Waals surface area contributed by atoms with E-state index >= 15 is 0 Å². The van der Waals surface area contributed by atoms with Gasteiger partial charge in [-0.2, -0.15) is 4.31 Å². The molecule has 1 aromatic carbocycles. The molecule has 118 valence electrons. The first-order chi connectivity index (χ1) is 9.90. The normalized spacial score (nSPS) is 24.2. The molecule has 0 aromatic heterocycles. The van der Waals surface area contributed by atoms with Gasteiger partial charge in [0.15, 0.2) is 0 Å². The number of ether oxygens (including phenoxy) is 1. The first-order valence-corrected chi connectivity index (χ1v) is 9.23. The number of alkyl halides is 1. The smallest absolute Gasteiger partial charge is 0.244 e. The maximum Gasteiger partial charge on any atom is 0.244 e. The number of sulfonamides is 1. The third-order valence-corrected chi connectivity index (χ3v) is 6.33. The van der Waals surface area contributed by atoms with Crippen molar-refractivity contribution in [1.82, 2.24) is 4.31 Å². The quantitative estimate of drug-likeness (QED) is 0.782. The number of hydrogen-bond donors (Lipinski definition) is 0. The fourth-order valence-electron chi connectivity index (χ4n) is 2.38. The van der Waals surface area contributed by atoms with Crippen LogP contribution in [0, 0.1) is 0 Å². The molecule has 0 spiro atoms. The Balaban J connectivity index is 2.44. The van der Waals surface area contributed by atoms with E-state index in [4.69, 9.17) is 27.9 Å². The number of hydrogen-bond acceptors (Lipinski definition) is 3. The van der Waals surface area contributed by atoms with Gasteiger partial charge in [0.2, 0.25) is 10.0 Å². The predicted octanol–water partition coefficient (Wildman–Crippen LogP) is 3.27. The van der Waals surface area contributed by atoms with Crippen LogP contribution in [-0.2, 0) is 20.6 Å². The molecule has 0 N–H and O–H groups in total. The maximum absolute atomic E-state index is 12.9. The summed E-state index contributed by atoms with van der Waals surface area (Å²) in [6.07, 6.45) is 0.566. The van der Waals surface area contributed by atoms with E-state index < -0.39 is 10.0 Å². The van der Waals surface area contributed by atoms with Crippen LogP contribution in [0.5, 0.6) is 0 Å². The minimum absolute atomic E-state index is 0.120. The summed E-state index contributed by atoms with van der Waals surface area (Å²) < 4.78 is 32.9. The second kappa shape index (κ2) is 6.84. The molecule has 2 unspecified atom stereocenters. The fourth-order valence-corrected chi connectivity index (χ4v) is 4.84. The number of morpholine rings is 1. The van der Waals surface area contributed by atoms with Gasteiger partial charge >= 0.3 is 0 Å². The molecule has 1 heterocycles. The number of benzene rings is 1. The third-order valence-electron chi connectivity index (χ3n) is 3.63. The van der Waals surface area contributed by atoms with Crippen molar-refractivity contribution in [3.05, 3.63) is 28.8 Å². The van der Waals surface area contributed by atoms with E-state index in [1.54, 1.807) is 18.2 Å². The van der Waals surface area contributed by atoms with Crippen molar-refractivity contribution < 1.29 is 13.2 Å². The summed E-state index contributed by atoms with van der Waals surface area (Å²) in [4.78, 5) is 0.120. The van der Waals surface area contributed by atoms with Crippen molar-refractivity contribution in [3.8, 4) is 0 Å². The van der Waals surface area contributed by atoms with Crippen molar-refractivity contribution in [1.29, 1.82) is 0 Å². The van der Waals surface area contributed by atoms with Crippen molar-refractivity contribution in [3.63, 3.8) is 0 Å². The lowest BCUT2D eigenvalue weighted by Gasteiger charge is -2.37. The largest absolute Gasteiger partial charge is 0.375 e. The Kier molecular flexibility index (Phi) is 5.54. The van der Waals surface area contributed by atoms with E-state index in [2.05, 4.69) is 0 Å². The van der Waals surface area contributed by atoms with Gasteiger partial charge in [-0.3, -0.25) is 0 Å². The third kappa shape index (κ3) is 3.54. The Morgan fingerprint density at radius 2 is 2.14 bits per heavy atom. The molecule has 1 aliphatic heterocycles. The number of rotatable bonds is 4. The molecule has 1 aromatic rings. The van der Waals surface area contributed by atoms with Crippen molar-refractivity contribution in [2.45, 2.75) is 43.2 Å². The monoisotopic (exact) mass is 351 g/mol. The Morgan fingerprint density at radius 3 is 2.76 bits per heavy atom. The molecule has 0 bridgehead atoms. The highest BCUT2D eigenvalue weighted by atomic mass is 35.5. The van der Waals surface area contributed by atoms with Crippen LogP contribution in [-0.4, -0.2) is 38.0 Å². The molecular formula is C14H19Cl2NO3S. The highest BCUT2D eigenvalue weighted by Crippen LogP contribution is 2.30. The van der Waals surface area contributed by atoms with E-state index in [0.717, 1.165) is 5.56 Å². The molecule has 21 heavy (non-hydrogen) atoms. The zero-order valence-corrected chi connectivity index (χ0v) is 14.4. The standard InChI is InChI=1S/C14H19Cl2NO3S/c1-3-12-9-20-10(2)8-17(12)21(18,19)14-6-11(7-15)4-5-13(14)16/h4-6,10,12H,3,7-9H2,1-2H3. The van der Waals surface area contributed by atoms with Gasteiger partial charge in [0.25, 0.3) is 0 Å². The Morgan fingerprint density at radius 1 is 1.43 bits per heavy atom. The Labute approximate surface area is 136 Å². The highest BCUT2D eigenvalue weighted by Gasteiger charge is 2.36. The number of halogens is 2. The van der Waals surface area contributed by atoms with Crippen LogP contribution in [0.2, 0.25) is 5.02 Å². The minimum atomic E-state index is -3.66. The van der Waals surface area contributed by atoms with Gasteiger partial charge in [0.1, 0.15) is 4.90 Å². The molecule has 1 saturated heterocycles. The molecule has 0 amide bonds. The lowest BCUT2D eigenvalue weighted by molar-refractivity contribution is -0.0230. The lowest BCUT2D eigenvalue weighted by Crippen LogP contribution is -2.51. The van der Waals surface area contributed by atoms with Crippen molar-refractivity contribution in [2.24, 2.45) is 0 Å². The second-order valence-corrected chi connectivity index (χ2v) is 7.71. The molecule has 7 heteroatoms. The summed E-state index contributed by atoms with van der Waals surface area (Å²) >= 11 is 11.9. The number of nitrogens with zero attached hydrogens (tertiary/aromatic N) is 1.